The molecule has 2 rings (SSSR count). The predicted octanol–water partition coefficient (Wildman–Crippen LogP) is 1.93. The number of carbonyl (C=O) groups is 2. The largest absolute Gasteiger partial charge is 0.478 e. The number of hydrogen-bond donors (Lipinski definition) is 2. The van der Waals surface area contributed by atoms with Gasteiger partial charge in [-0.15, -0.1) is 0 Å². The van der Waals surface area contributed by atoms with Crippen LogP contribution in [0.15, 0.2) is 36.7 Å². The number of carbonyl (C=O) groups excluding carboxylic acids is 1. The Hall–Kier alpha value is -2.63. The number of hydrogen-bond acceptors (Lipinski definition) is 3. The summed E-state index contributed by atoms with van der Waals surface area (Å²) in [6.45, 7) is 1.91. The van der Waals surface area contributed by atoms with E-state index in [1.807, 2.05) is 20.2 Å². The Labute approximate surface area is 128 Å². The first-order chi connectivity index (χ1) is 10.5. The van der Waals surface area contributed by atoms with Crippen LogP contribution in [0.25, 0.3) is 0 Å². The summed E-state index contributed by atoms with van der Waals surface area (Å²) in [5.41, 5.74) is 2.15. The summed E-state index contributed by atoms with van der Waals surface area (Å²) in [7, 11) is 1.83. The molecule has 0 aliphatic heterocycles. The van der Waals surface area contributed by atoms with Crippen molar-refractivity contribution in [3.8, 4) is 0 Å². The van der Waals surface area contributed by atoms with E-state index < -0.39 is 5.97 Å². The first-order valence-corrected chi connectivity index (χ1v) is 7.06. The molecular weight excluding hydrogens is 282 g/mol. The van der Waals surface area contributed by atoms with Gasteiger partial charge in [-0.1, -0.05) is 12.1 Å². The molecule has 116 valence electrons. The van der Waals surface area contributed by atoms with Gasteiger partial charge in [0.05, 0.1) is 17.8 Å². The van der Waals surface area contributed by atoms with E-state index in [4.69, 9.17) is 5.11 Å². The number of aromatic carboxylic acids is 1. The molecular formula is C16H19N3O3. The fourth-order valence-electron chi connectivity index (χ4n) is 2.13. The number of aromatic nitrogens is 2. The van der Waals surface area contributed by atoms with E-state index in [1.54, 1.807) is 35.1 Å². The van der Waals surface area contributed by atoms with Crippen molar-refractivity contribution in [1.82, 2.24) is 15.1 Å². The Morgan fingerprint density at radius 2 is 2.00 bits per heavy atom. The van der Waals surface area contributed by atoms with Crippen LogP contribution in [-0.2, 0) is 18.3 Å². The van der Waals surface area contributed by atoms with Crippen molar-refractivity contribution in [3.63, 3.8) is 0 Å². The molecule has 6 heteroatoms. The third-order valence-electron chi connectivity index (χ3n) is 3.44. The van der Waals surface area contributed by atoms with Gasteiger partial charge in [0, 0.05) is 25.2 Å². The second-order valence-electron chi connectivity index (χ2n) is 5.24. The van der Waals surface area contributed by atoms with Crippen molar-refractivity contribution >= 4 is 11.9 Å². The van der Waals surface area contributed by atoms with Gasteiger partial charge in [-0.3, -0.25) is 9.48 Å². The van der Waals surface area contributed by atoms with Crippen LogP contribution in [0.5, 0.6) is 0 Å². The van der Waals surface area contributed by atoms with Gasteiger partial charge in [-0.25, -0.2) is 4.79 Å². The van der Waals surface area contributed by atoms with E-state index in [-0.39, 0.29) is 17.5 Å². The van der Waals surface area contributed by atoms with E-state index in [2.05, 4.69) is 10.4 Å². The number of amides is 1. The van der Waals surface area contributed by atoms with E-state index in [1.165, 1.54) is 0 Å². The first kappa shape index (κ1) is 15.8. The molecule has 0 aliphatic rings. The third kappa shape index (κ3) is 4.18. The average Bonchev–Trinajstić information content (AvgIpc) is 2.92. The fraction of sp³-hybridized carbons (Fsp3) is 0.312. The zero-order chi connectivity index (χ0) is 16.1. The molecule has 1 atom stereocenters. The van der Waals surface area contributed by atoms with Gasteiger partial charge in [0.2, 0.25) is 5.91 Å². The lowest BCUT2D eigenvalue weighted by Gasteiger charge is -2.12. The maximum Gasteiger partial charge on any atom is 0.335 e. The third-order valence-corrected chi connectivity index (χ3v) is 3.44. The van der Waals surface area contributed by atoms with Gasteiger partial charge in [0.25, 0.3) is 0 Å². The van der Waals surface area contributed by atoms with Crippen molar-refractivity contribution in [2.45, 2.75) is 25.8 Å². The molecule has 1 amide bonds. The summed E-state index contributed by atoms with van der Waals surface area (Å²) in [4.78, 5) is 22.7. The van der Waals surface area contributed by atoms with E-state index in [0.717, 1.165) is 11.1 Å². The van der Waals surface area contributed by atoms with Crippen LogP contribution in [0, 0.1) is 0 Å². The van der Waals surface area contributed by atoms with Crippen molar-refractivity contribution in [3.05, 3.63) is 53.3 Å². The van der Waals surface area contributed by atoms with Crippen LogP contribution in [-0.4, -0.2) is 26.8 Å². The van der Waals surface area contributed by atoms with Gasteiger partial charge in [0.15, 0.2) is 0 Å². The minimum absolute atomic E-state index is 0.0429. The number of carboxylic acid groups (broad SMARTS) is 1. The second-order valence-corrected chi connectivity index (χ2v) is 5.24. The maximum atomic E-state index is 11.9. The maximum absolute atomic E-state index is 11.9. The Kier molecular flexibility index (Phi) is 4.93. The summed E-state index contributed by atoms with van der Waals surface area (Å²) in [6, 6.07) is 6.49. The number of nitrogens with one attached hydrogen (secondary N) is 1. The molecule has 1 heterocycles. The molecule has 0 saturated heterocycles. The molecule has 0 fully saturated rings. The highest BCUT2D eigenvalue weighted by atomic mass is 16.4. The van der Waals surface area contributed by atoms with Crippen molar-refractivity contribution in [2.75, 3.05) is 0 Å². The van der Waals surface area contributed by atoms with Crippen LogP contribution in [0.1, 0.15) is 40.9 Å². The van der Waals surface area contributed by atoms with Crippen LogP contribution < -0.4 is 5.32 Å². The van der Waals surface area contributed by atoms with E-state index >= 15 is 0 Å². The predicted molar refractivity (Wildman–Crippen MR) is 81.5 cm³/mol. The minimum atomic E-state index is -0.949. The molecule has 0 saturated carbocycles. The van der Waals surface area contributed by atoms with Crippen LogP contribution >= 0.6 is 0 Å². The summed E-state index contributed by atoms with van der Waals surface area (Å²) >= 11 is 0. The number of rotatable bonds is 6. The Balaban J connectivity index is 1.83. The van der Waals surface area contributed by atoms with Crippen molar-refractivity contribution < 1.29 is 14.7 Å². The molecule has 2 N–H and O–H groups in total. The number of carboxylic acids is 1. The summed E-state index contributed by atoms with van der Waals surface area (Å²) in [6.07, 6.45) is 4.54. The lowest BCUT2D eigenvalue weighted by Crippen LogP contribution is -2.26. The van der Waals surface area contributed by atoms with Gasteiger partial charge in [0.1, 0.15) is 0 Å². The topological polar surface area (TPSA) is 84.2 Å². The molecule has 2 aromatic rings. The molecule has 0 radical (unpaired) electrons. The summed E-state index contributed by atoms with van der Waals surface area (Å²) in [5.74, 6) is -0.992. The smallest absolute Gasteiger partial charge is 0.335 e. The quantitative estimate of drug-likeness (QED) is 0.854. The lowest BCUT2D eigenvalue weighted by atomic mass is 10.1. The van der Waals surface area contributed by atoms with Crippen molar-refractivity contribution in [1.29, 1.82) is 0 Å². The molecule has 1 aromatic heterocycles. The molecule has 0 spiro atoms. The average molecular weight is 301 g/mol. The van der Waals surface area contributed by atoms with Crippen LogP contribution in [0.3, 0.4) is 0 Å². The van der Waals surface area contributed by atoms with Gasteiger partial charge in [-0.2, -0.15) is 5.10 Å². The molecule has 0 bridgehead atoms. The van der Waals surface area contributed by atoms with Crippen molar-refractivity contribution in [2.24, 2.45) is 7.05 Å². The monoisotopic (exact) mass is 301 g/mol. The summed E-state index contributed by atoms with van der Waals surface area (Å²) in [5, 5.41) is 15.8. The highest BCUT2D eigenvalue weighted by Crippen LogP contribution is 2.11. The number of aryl methyl sites for hydroxylation is 2. The molecule has 0 aliphatic carbocycles. The Morgan fingerprint density at radius 1 is 1.32 bits per heavy atom. The Bertz CT molecular complexity index is 662. The number of benzene rings is 1. The van der Waals surface area contributed by atoms with Crippen LogP contribution in [0.2, 0.25) is 0 Å². The molecule has 22 heavy (non-hydrogen) atoms. The lowest BCUT2D eigenvalue weighted by molar-refractivity contribution is -0.121. The van der Waals surface area contributed by atoms with Crippen LogP contribution in [0.4, 0.5) is 0 Å². The van der Waals surface area contributed by atoms with Gasteiger partial charge < -0.3 is 10.4 Å². The zero-order valence-corrected chi connectivity index (χ0v) is 12.6. The molecule has 1 aromatic carbocycles. The van der Waals surface area contributed by atoms with Gasteiger partial charge in [-0.05, 0) is 31.0 Å². The van der Waals surface area contributed by atoms with E-state index in [9.17, 15) is 9.59 Å². The van der Waals surface area contributed by atoms with E-state index in [0.29, 0.717) is 12.8 Å². The molecule has 1 unspecified atom stereocenters. The minimum Gasteiger partial charge on any atom is -0.478 e. The highest BCUT2D eigenvalue weighted by Gasteiger charge is 2.11. The Morgan fingerprint density at radius 3 is 2.55 bits per heavy atom. The zero-order valence-electron chi connectivity index (χ0n) is 12.6. The van der Waals surface area contributed by atoms with Gasteiger partial charge >= 0.3 is 5.97 Å². The molecule has 6 nitrogen and oxygen atoms in total. The summed E-state index contributed by atoms with van der Waals surface area (Å²) < 4.78 is 1.70. The highest BCUT2D eigenvalue weighted by molar-refractivity contribution is 5.87. The fourth-order valence-corrected chi connectivity index (χ4v) is 2.13. The second kappa shape index (κ2) is 6.89. The number of nitrogens with zero attached hydrogens (tertiary/aromatic N) is 2. The first-order valence-electron chi connectivity index (χ1n) is 7.06. The SMILES string of the molecule is CC(NC(=O)CCc1ccc(C(=O)O)cc1)c1cnn(C)c1. The standard InChI is InChI=1S/C16H19N3O3/c1-11(14-9-17-19(2)10-14)18-15(20)8-5-12-3-6-13(7-4-12)16(21)22/h3-4,6-7,9-11H,5,8H2,1-2H3,(H,18,20)(H,21,22). The normalized spacial score (nSPS) is 11.9.